The monoisotopic (exact) mass is 270 g/mol. The molecular formula is C16H18N2O2. The third-order valence-corrected chi connectivity index (χ3v) is 3.20. The van der Waals surface area contributed by atoms with Crippen molar-refractivity contribution in [3.8, 4) is 11.4 Å². The number of rotatable bonds is 4. The van der Waals surface area contributed by atoms with Gasteiger partial charge in [-0.15, -0.1) is 0 Å². The fourth-order valence-electron chi connectivity index (χ4n) is 1.88. The Morgan fingerprint density at radius 2 is 2.00 bits per heavy atom. The minimum atomic E-state index is -0.392. The van der Waals surface area contributed by atoms with Gasteiger partial charge in [0.1, 0.15) is 12.4 Å². The molecule has 2 rings (SSSR count). The Kier molecular flexibility index (Phi) is 4.03. The number of nitrogens with zero attached hydrogens (tertiary/aromatic N) is 2. The number of esters is 1. The van der Waals surface area contributed by atoms with Crippen molar-refractivity contribution >= 4 is 5.97 Å². The normalized spacial score (nSPS) is 10.3. The van der Waals surface area contributed by atoms with E-state index in [0.717, 1.165) is 22.8 Å². The Hall–Kier alpha value is -2.36. The Balaban J connectivity index is 2.25. The van der Waals surface area contributed by atoms with E-state index < -0.39 is 5.97 Å². The number of carbonyl (C=O) groups is 1. The lowest BCUT2D eigenvalue weighted by Crippen LogP contribution is -2.06. The van der Waals surface area contributed by atoms with Crippen LogP contribution in [0, 0.1) is 6.92 Å². The van der Waals surface area contributed by atoms with Crippen LogP contribution in [0.3, 0.4) is 0 Å². The van der Waals surface area contributed by atoms with Crippen LogP contribution in [-0.4, -0.2) is 15.5 Å². The minimum absolute atomic E-state index is 0.165. The van der Waals surface area contributed by atoms with E-state index in [9.17, 15) is 4.79 Å². The summed E-state index contributed by atoms with van der Waals surface area (Å²) in [5, 5.41) is 0. The van der Waals surface area contributed by atoms with Crippen LogP contribution in [0.1, 0.15) is 18.3 Å². The van der Waals surface area contributed by atoms with Gasteiger partial charge in [0.05, 0.1) is 5.69 Å². The summed E-state index contributed by atoms with van der Waals surface area (Å²) in [5.41, 5.74) is 3.18. The summed E-state index contributed by atoms with van der Waals surface area (Å²) in [7, 11) is 1.95. The molecule has 0 aliphatic rings. The zero-order chi connectivity index (χ0) is 14.7. The van der Waals surface area contributed by atoms with E-state index >= 15 is 0 Å². The summed E-state index contributed by atoms with van der Waals surface area (Å²) in [4.78, 5) is 16.0. The highest BCUT2D eigenvalue weighted by atomic mass is 16.5. The van der Waals surface area contributed by atoms with Crippen LogP contribution < -0.4 is 0 Å². The Bertz CT molecular complexity index is 642. The summed E-state index contributed by atoms with van der Waals surface area (Å²) in [6.45, 7) is 7.31. The molecule has 1 aromatic heterocycles. The van der Waals surface area contributed by atoms with E-state index in [2.05, 4.69) is 11.6 Å². The first-order valence-corrected chi connectivity index (χ1v) is 6.41. The second-order valence-corrected chi connectivity index (χ2v) is 4.75. The van der Waals surface area contributed by atoms with Crippen molar-refractivity contribution in [2.45, 2.75) is 20.5 Å². The summed E-state index contributed by atoms with van der Waals surface area (Å²) in [5.74, 6) is 0.473. The van der Waals surface area contributed by atoms with Gasteiger partial charge in [0, 0.05) is 23.9 Å². The maximum atomic E-state index is 11.4. The molecule has 1 aromatic carbocycles. The molecule has 0 unspecified atom stereocenters. The van der Waals surface area contributed by atoms with Crippen molar-refractivity contribution in [1.29, 1.82) is 0 Å². The number of hydrogen-bond donors (Lipinski definition) is 0. The molecule has 0 N–H and O–H groups in total. The number of benzene rings is 1. The predicted molar refractivity (Wildman–Crippen MR) is 78.0 cm³/mol. The highest BCUT2D eigenvalue weighted by molar-refractivity contribution is 5.86. The average Bonchev–Trinajstić information content (AvgIpc) is 2.73. The van der Waals surface area contributed by atoms with Crippen LogP contribution in [0.15, 0.2) is 42.5 Å². The van der Waals surface area contributed by atoms with Crippen LogP contribution >= 0.6 is 0 Å². The van der Waals surface area contributed by atoms with Gasteiger partial charge in [-0.3, -0.25) is 0 Å². The molecule has 0 spiro atoms. The fraction of sp³-hybridized carbons (Fsp3) is 0.250. The summed E-state index contributed by atoms with van der Waals surface area (Å²) >= 11 is 0. The third kappa shape index (κ3) is 2.79. The van der Waals surface area contributed by atoms with Gasteiger partial charge in [0.25, 0.3) is 0 Å². The molecule has 20 heavy (non-hydrogen) atoms. The largest absolute Gasteiger partial charge is 0.456 e. The van der Waals surface area contributed by atoms with Crippen LogP contribution in [0.25, 0.3) is 11.4 Å². The summed E-state index contributed by atoms with van der Waals surface area (Å²) < 4.78 is 7.16. The molecule has 1 heterocycles. The molecule has 104 valence electrons. The third-order valence-electron chi connectivity index (χ3n) is 3.20. The molecule has 0 bridgehead atoms. The van der Waals surface area contributed by atoms with Gasteiger partial charge < -0.3 is 9.30 Å². The van der Waals surface area contributed by atoms with Crippen molar-refractivity contribution in [2.75, 3.05) is 0 Å². The molecule has 4 heteroatoms. The molecular weight excluding hydrogens is 252 g/mol. The van der Waals surface area contributed by atoms with Crippen molar-refractivity contribution in [3.63, 3.8) is 0 Å². The quantitative estimate of drug-likeness (QED) is 0.633. The second-order valence-electron chi connectivity index (χ2n) is 4.75. The van der Waals surface area contributed by atoms with Crippen molar-refractivity contribution in [1.82, 2.24) is 9.55 Å². The number of ether oxygens (including phenoxy) is 1. The van der Waals surface area contributed by atoms with Gasteiger partial charge in [0.2, 0.25) is 0 Å². The molecule has 0 saturated carbocycles. The molecule has 0 fully saturated rings. The van der Waals surface area contributed by atoms with Crippen molar-refractivity contribution in [2.24, 2.45) is 7.05 Å². The molecule has 0 atom stereocenters. The fourth-order valence-corrected chi connectivity index (χ4v) is 1.88. The maximum Gasteiger partial charge on any atom is 0.333 e. The van der Waals surface area contributed by atoms with Crippen molar-refractivity contribution in [3.05, 3.63) is 53.9 Å². The van der Waals surface area contributed by atoms with Gasteiger partial charge in [-0.05, 0) is 13.8 Å². The zero-order valence-corrected chi connectivity index (χ0v) is 12.0. The van der Waals surface area contributed by atoms with Gasteiger partial charge in [0.15, 0.2) is 0 Å². The molecule has 0 saturated heterocycles. The second kappa shape index (κ2) is 5.74. The van der Waals surface area contributed by atoms with E-state index in [1.165, 1.54) is 0 Å². The molecule has 4 nitrogen and oxygen atoms in total. The summed E-state index contributed by atoms with van der Waals surface area (Å²) in [6.07, 6.45) is 0. The summed E-state index contributed by atoms with van der Waals surface area (Å²) in [6, 6.07) is 9.92. The molecule has 0 radical (unpaired) electrons. The molecule has 0 aliphatic heterocycles. The van der Waals surface area contributed by atoms with Gasteiger partial charge in [-0.1, -0.05) is 36.9 Å². The number of hydrogen-bond acceptors (Lipinski definition) is 3. The highest BCUT2D eigenvalue weighted by Crippen LogP contribution is 2.21. The maximum absolute atomic E-state index is 11.4. The van der Waals surface area contributed by atoms with Crippen LogP contribution in [0.2, 0.25) is 0 Å². The first kappa shape index (κ1) is 14.1. The number of imidazole rings is 1. The SMILES string of the molecule is C=C(C)C(=O)OCc1nc(-c2ccccc2)n(C)c1C. The lowest BCUT2D eigenvalue weighted by atomic mass is 10.2. The molecule has 2 aromatic rings. The lowest BCUT2D eigenvalue weighted by molar-refractivity contribution is -0.140. The predicted octanol–water partition coefficient (Wildman–Crippen LogP) is 3.01. The zero-order valence-electron chi connectivity index (χ0n) is 12.0. The van der Waals surface area contributed by atoms with Gasteiger partial charge >= 0.3 is 5.97 Å². The van der Waals surface area contributed by atoms with E-state index in [1.54, 1.807) is 6.92 Å². The standard InChI is InChI=1S/C16H18N2O2/c1-11(2)16(19)20-10-14-12(3)18(4)15(17-14)13-8-6-5-7-9-13/h5-9H,1,10H2,2-4H3. The molecule has 0 amide bonds. The van der Waals surface area contributed by atoms with E-state index in [-0.39, 0.29) is 6.61 Å². The topological polar surface area (TPSA) is 44.1 Å². The van der Waals surface area contributed by atoms with Gasteiger partial charge in [-0.2, -0.15) is 0 Å². The Morgan fingerprint density at radius 1 is 1.35 bits per heavy atom. The van der Waals surface area contributed by atoms with E-state index in [1.807, 2.05) is 48.9 Å². The number of carbonyl (C=O) groups excluding carboxylic acids is 1. The van der Waals surface area contributed by atoms with Crippen molar-refractivity contribution < 1.29 is 9.53 Å². The first-order chi connectivity index (χ1) is 9.50. The van der Waals surface area contributed by atoms with Crippen LogP contribution in [-0.2, 0) is 23.2 Å². The lowest BCUT2D eigenvalue weighted by Gasteiger charge is -2.03. The number of aromatic nitrogens is 2. The minimum Gasteiger partial charge on any atom is -0.456 e. The highest BCUT2D eigenvalue weighted by Gasteiger charge is 2.14. The smallest absolute Gasteiger partial charge is 0.333 e. The first-order valence-electron chi connectivity index (χ1n) is 6.41. The van der Waals surface area contributed by atoms with Gasteiger partial charge in [-0.25, -0.2) is 9.78 Å². The van der Waals surface area contributed by atoms with Crippen LogP contribution in [0.4, 0.5) is 0 Å². The van der Waals surface area contributed by atoms with Crippen LogP contribution in [0.5, 0.6) is 0 Å². The van der Waals surface area contributed by atoms with E-state index in [4.69, 9.17) is 4.74 Å². The Morgan fingerprint density at radius 3 is 2.60 bits per heavy atom. The Labute approximate surface area is 118 Å². The van der Waals surface area contributed by atoms with E-state index in [0.29, 0.717) is 5.57 Å². The molecule has 0 aliphatic carbocycles. The average molecular weight is 270 g/mol.